The zero-order chi connectivity index (χ0) is 18.4. The summed E-state index contributed by atoms with van der Waals surface area (Å²) < 4.78 is 5.19. The Bertz CT molecular complexity index is 840. The number of rotatable bonds is 6. The molecule has 0 aliphatic heterocycles. The van der Waals surface area contributed by atoms with Crippen LogP contribution in [0.3, 0.4) is 0 Å². The number of hydrogen-bond acceptors (Lipinski definition) is 2. The first kappa shape index (κ1) is 17.7. The van der Waals surface area contributed by atoms with E-state index in [1.54, 1.807) is 7.11 Å². The number of amides is 1. The van der Waals surface area contributed by atoms with Crippen LogP contribution in [0.2, 0.25) is 0 Å². The van der Waals surface area contributed by atoms with Gasteiger partial charge in [-0.2, -0.15) is 0 Å². The minimum absolute atomic E-state index is 0.0334. The van der Waals surface area contributed by atoms with Crippen LogP contribution in [0.25, 0.3) is 11.1 Å². The molecule has 0 saturated heterocycles. The Labute approximate surface area is 154 Å². The number of methoxy groups -OCH3 is 1. The predicted octanol–water partition coefficient (Wildman–Crippen LogP) is 4.78. The van der Waals surface area contributed by atoms with Gasteiger partial charge in [0, 0.05) is 6.54 Å². The lowest BCUT2D eigenvalue weighted by molar-refractivity contribution is -0.122. The molecule has 3 aromatic carbocycles. The summed E-state index contributed by atoms with van der Waals surface area (Å²) in [6.07, 6.45) is 0. The normalized spacial score (nSPS) is 11.6. The number of benzene rings is 3. The lowest BCUT2D eigenvalue weighted by atomic mass is 9.97. The molecule has 132 valence electrons. The molecule has 0 heterocycles. The summed E-state index contributed by atoms with van der Waals surface area (Å²) in [6, 6.07) is 26.0. The molecule has 1 N–H and O–H groups in total. The van der Waals surface area contributed by atoms with Gasteiger partial charge in [0.05, 0.1) is 13.0 Å². The maximum Gasteiger partial charge on any atom is 0.227 e. The van der Waals surface area contributed by atoms with E-state index in [0.29, 0.717) is 6.54 Å². The van der Waals surface area contributed by atoms with Gasteiger partial charge in [-0.25, -0.2) is 0 Å². The van der Waals surface area contributed by atoms with Crippen LogP contribution in [0.4, 0.5) is 0 Å². The first-order valence-corrected chi connectivity index (χ1v) is 8.73. The number of nitrogens with one attached hydrogen (secondary N) is 1. The van der Waals surface area contributed by atoms with Crippen LogP contribution in [0, 0.1) is 0 Å². The van der Waals surface area contributed by atoms with Crippen LogP contribution in [-0.2, 0) is 11.3 Å². The van der Waals surface area contributed by atoms with Crippen molar-refractivity contribution in [3.63, 3.8) is 0 Å². The molecule has 3 aromatic rings. The molecule has 0 aromatic heterocycles. The van der Waals surface area contributed by atoms with Crippen molar-refractivity contribution in [1.82, 2.24) is 5.32 Å². The van der Waals surface area contributed by atoms with Crippen molar-refractivity contribution in [2.45, 2.75) is 19.4 Å². The molecule has 0 aliphatic rings. The Hall–Kier alpha value is -3.07. The van der Waals surface area contributed by atoms with Crippen LogP contribution < -0.4 is 10.1 Å². The van der Waals surface area contributed by atoms with E-state index in [1.165, 1.54) is 0 Å². The Morgan fingerprint density at radius 2 is 1.46 bits per heavy atom. The van der Waals surface area contributed by atoms with Crippen LogP contribution >= 0.6 is 0 Å². The van der Waals surface area contributed by atoms with E-state index in [0.717, 1.165) is 28.0 Å². The van der Waals surface area contributed by atoms with Crippen molar-refractivity contribution < 1.29 is 9.53 Å². The maximum absolute atomic E-state index is 12.4. The lowest BCUT2D eigenvalue weighted by Crippen LogP contribution is -2.27. The van der Waals surface area contributed by atoms with E-state index in [9.17, 15) is 4.79 Å². The summed E-state index contributed by atoms with van der Waals surface area (Å²) >= 11 is 0. The molecule has 3 rings (SSSR count). The molecule has 0 bridgehead atoms. The monoisotopic (exact) mass is 345 g/mol. The molecular formula is C23H23NO2. The van der Waals surface area contributed by atoms with Gasteiger partial charge in [0.2, 0.25) is 5.91 Å². The largest absolute Gasteiger partial charge is 0.497 e. The standard InChI is InChI=1S/C23H23NO2/c1-17(23(25)24-16-18-6-4-3-5-7-18)19-8-10-20(11-9-19)21-12-14-22(26-2)15-13-21/h3-15,17H,16H2,1-2H3,(H,24,25). The predicted molar refractivity (Wildman–Crippen MR) is 105 cm³/mol. The van der Waals surface area contributed by atoms with Crippen molar-refractivity contribution >= 4 is 5.91 Å². The highest BCUT2D eigenvalue weighted by Crippen LogP contribution is 2.25. The second-order valence-corrected chi connectivity index (χ2v) is 6.28. The average Bonchev–Trinajstić information content (AvgIpc) is 2.72. The molecule has 0 spiro atoms. The summed E-state index contributed by atoms with van der Waals surface area (Å²) in [5.74, 6) is 0.684. The third-order valence-corrected chi connectivity index (χ3v) is 4.54. The van der Waals surface area contributed by atoms with E-state index in [2.05, 4.69) is 17.4 Å². The fraction of sp³-hybridized carbons (Fsp3) is 0.174. The van der Waals surface area contributed by atoms with Crippen LogP contribution in [-0.4, -0.2) is 13.0 Å². The van der Waals surface area contributed by atoms with Gasteiger partial charge in [-0.1, -0.05) is 66.7 Å². The molecular weight excluding hydrogens is 322 g/mol. The summed E-state index contributed by atoms with van der Waals surface area (Å²) in [4.78, 5) is 12.4. The van der Waals surface area contributed by atoms with Gasteiger partial charge in [-0.15, -0.1) is 0 Å². The first-order valence-electron chi connectivity index (χ1n) is 8.73. The lowest BCUT2D eigenvalue weighted by Gasteiger charge is -2.13. The molecule has 26 heavy (non-hydrogen) atoms. The van der Waals surface area contributed by atoms with Gasteiger partial charge < -0.3 is 10.1 Å². The van der Waals surface area contributed by atoms with Crippen molar-refractivity contribution in [2.24, 2.45) is 0 Å². The number of carbonyl (C=O) groups is 1. The van der Waals surface area contributed by atoms with Gasteiger partial charge in [-0.3, -0.25) is 4.79 Å². The molecule has 0 saturated carbocycles. The third-order valence-electron chi connectivity index (χ3n) is 4.54. The van der Waals surface area contributed by atoms with Gasteiger partial charge in [0.1, 0.15) is 5.75 Å². The van der Waals surface area contributed by atoms with Gasteiger partial charge in [0.15, 0.2) is 0 Å². The van der Waals surface area contributed by atoms with E-state index >= 15 is 0 Å². The van der Waals surface area contributed by atoms with E-state index in [-0.39, 0.29) is 11.8 Å². The second kappa shape index (κ2) is 8.34. The van der Waals surface area contributed by atoms with Crippen molar-refractivity contribution in [1.29, 1.82) is 0 Å². The van der Waals surface area contributed by atoms with Crippen molar-refractivity contribution in [3.05, 3.63) is 90.0 Å². The fourth-order valence-corrected chi connectivity index (χ4v) is 2.84. The summed E-state index contributed by atoms with van der Waals surface area (Å²) in [5.41, 5.74) is 4.35. The zero-order valence-corrected chi connectivity index (χ0v) is 15.1. The third kappa shape index (κ3) is 4.31. The number of ether oxygens (including phenoxy) is 1. The zero-order valence-electron chi connectivity index (χ0n) is 15.1. The van der Waals surface area contributed by atoms with Crippen LogP contribution in [0.1, 0.15) is 24.0 Å². The quantitative estimate of drug-likeness (QED) is 0.698. The van der Waals surface area contributed by atoms with Crippen LogP contribution in [0.15, 0.2) is 78.9 Å². The Morgan fingerprint density at radius 1 is 0.885 bits per heavy atom. The molecule has 0 radical (unpaired) electrons. The second-order valence-electron chi connectivity index (χ2n) is 6.28. The van der Waals surface area contributed by atoms with Gasteiger partial charge in [-0.05, 0) is 41.3 Å². The minimum Gasteiger partial charge on any atom is -0.497 e. The van der Waals surface area contributed by atoms with Crippen molar-refractivity contribution in [2.75, 3.05) is 7.11 Å². The van der Waals surface area contributed by atoms with E-state index < -0.39 is 0 Å². The molecule has 1 unspecified atom stereocenters. The molecule has 0 fully saturated rings. The number of hydrogen-bond donors (Lipinski definition) is 1. The Kier molecular flexibility index (Phi) is 5.69. The molecule has 3 nitrogen and oxygen atoms in total. The topological polar surface area (TPSA) is 38.3 Å². The number of carbonyl (C=O) groups excluding carboxylic acids is 1. The summed E-state index contributed by atoms with van der Waals surface area (Å²) in [7, 11) is 1.66. The van der Waals surface area contributed by atoms with Crippen molar-refractivity contribution in [3.8, 4) is 16.9 Å². The Balaban J connectivity index is 1.64. The van der Waals surface area contributed by atoms with E-state index in [4.69, 9.17) is 4.74 Å². The summed E-state index contributed by atoms with van der Waals surface area (Å²) in [6.45, 7) is 2.48. The van der Waals surface area contributed by atoms with Gasteiger partial charge in [0.25, 0.3) is 0 Å². The smallest absolute Gasteiger partial charge is 0.227 e. The van der Waals surface area contributed by atoms with E-state index in [1.807, 2.05) is 73.7 Å². The average molecular weight is 345 g/mol. The fourth-order valence-electron chi connectivity index (χ4n) is 2.84. The molecule has 1 amide bonds. The molecule has 0 aliphatic carbocycles. The minimum atomic E-state index is -0.191. The summed E-state index contributed by atoms with van der Waals surface area (Å²) in [5, 5.41) is 3.00. The molecule has 1 atom stereocenters. The van der Waals surface area contributed by atoms with Gasteiger partial charge >= 0.3 is 0 Å². The SMILES string of the molecule is COc1ccc(-c2ccc(C(C)C(=O)NCc3ccccc3)cc2)cc1. The highest BCUT2D eigenvalue weighted by Gasteiger charge is 2.14. The highest BCUT2D eigenvalue weighted by atomic mass is 16.5. The van der Waals surface area contributed by atoms with Crippen LogP contribution in [0.5, 0.6) is 5.75 Å². The highest BCUT2D eigenvalue weighted by molar-refractivity contribution is 5.83. The Morgan fingerprint density at radius 3 is 2.04 bits per heavy atom. The molecule has 3 heteroatoms. The first-order chi connectivity index (χ1) is 12.7. The maximum atomic E-state index is 12.4.